The monoisotopic (exact) mass is 293 g/mol. The highest BCUT2D eigenvalue weighted by Gasteiger charge is 2.09. The van der Waals surface area contributed by atoms with Gasteiger partial charge in [-0.15, -0.1) is 0 Å². The molecule has 0 heterocycles. The van der Waals surface area contributed by atoms with Crippen LogP contribution in [-0.4, -0.2) is 31.4 Å². The number of nitrogens with zero attached hydrogens (tertiary/aromatic N) is 1. The Balaban J connectivity index is 2.59. The zero-order valence-electron chi connectivity index (χ0n) is 12.3. The first-order valence-electron chi connectivity index (χ1n) is 6.45. The molecule has 21 heavy (non-hydrogen) atoms. The number of hydrogen-bond donors (Lipinski definition) is 2. The van der Waals surface area contributed by atoms with Crippen molar-refractivity contribution in [2.24, 2.45) is 5.10 Å². The van der Waals surface area contributed by atoms with Gasteiger partial charge in [-0.1, -0.05) is 12.1 Å². The van der Waals surface area contributed by atoms with Crippen molar-refractivity contribution in [2.45, 2.75) is 20.3 Å². The summed E-state index contributed by atoms with van der Waals surface area (Å²) in [6, 6.07) is 7.16. The molecule has 7 heteroatoms. The summed E-state index contributed by atoms with van der Waals surface area (Å²) < 4.78 is 9.79. The van der Waals surface area contributed by atoms with Crippen molar-refractivity contribution in [2.75, 3.05) is 19.0 Å². The molecule has 0 unspecified atom stereocenters. The van der Waals surface area contributed by atoms with Crippen LogP contribution in [0.4, 0.5) is 10.5 Å². The fraction of sp³-hybridized carbons (Fsp3) is 0.357. The molecule has 1 aromatic carbocycles. The first-order chi connectivity index (χ1) is 10.1. The molecule has 0 bridgehead atoms. The Hall–Kier alpha value is -2.57. The number of methoxy groups -OCH3 is 1. The largest absolute Gasteiger partial charge is 0.492 e. The van der Waals surface area contributed by atoms with Gasteiger partial charge in [-0.05, 0) is 26.0 Å². The molecule has 0 saturated carbocycles. The second-order valence-electron chi connectivity index (χ2n) is 4.10. The molecule has 1 rings (SSSR count). The lowest BCUT2D eigenvalue weighted by Gasteiger charge is -2.11. The Labute approximate surface area is 123 Å². The second kappa shape index (κ2) is 8.57. The van der Waals surface area contributed by atoms with Gasteiger partial charge in [-0.2, -0.15) is 5.10 Å². The van der Waals surface area contributed by atoms with E-state index >= 15 is 0 Å². The van der Waals surface area contributed by atoms with Gasteiger partial charge in [0.2, 0.25) is 5.91 Å². The Morgan fingerprint density at radius 1 is 1.29 bits per heavy atom. The van der Waals surface area contributed by atoms with Gasteiger partial charge >= 0.3 is 6.09 Å². The minimum absolute atomic E-state index is 0.0461. The minimum Gasteiger partial charge on any atom is -0.492 e. The second-order valence-corrected chi connectivity index (χ2v) is 4.10. The predicted molar refractivity (Wildman–Crippen MR) is 79.5 cm³/mol. The van der Waals surface area contributed by atoms with Crippen LogP contribution >= 0.6 is 0 Å². The fourth-order valence-electron chi connectivity index (χ4n) is 1.50. The zero-order chi connectivity index (χ0) is 15.7. The molecule has 7 nitrogen and oxygen atoms in total. The molecule has 0 aromatic heterocycles. The van der Waals surface area contributed by atoms with E-state index in [0.717, 1.165) is 0 Å². The predicted octanol–water partition coefficient (Wildman–Crippen LogP) is 2.15. The average molecular weight is 293 g/mol. The molecule has 0 aliphatic heterocycles. The van der Waals surface area contributed by atoms with E-state index in [4.69, 9.17) is 4.74 Å². The average Bonchev–Trinajstić information content (AvgIpc) is 2.47. The number of hydrogen-bond acceptors (Lipinski definition) is 5. The number of anilines is 1. The Morgan fingerprint density at radius 2 is 2.00 bits per heavy atom. The lowest BCUT2D eigenvalue weighted by molar-refractivity contribution is -0.115. The maximum Gasteiger partial charge on any atom is 0.427 e. The molecule has 114 valence electrons. The molecule has 2 amide bonds. The van der Waals surface area contributed by atoms with Crippen LogP contribution < -0.4 is 15.5 Å². The summed E-state index contributed by atoms with van der Waals surface area (Å²) in [5.41, 5.74) is 3.20. The third-order valence-electron chi connectivity index (χ3n) is 2.40. The number of ether oxygens (including phenoxy) is 2. The van der Waals surface area contributed by atoms with Crippen LogP contribution in [-0.2, 0) is 9.53 Å². The number of carbonyl (C=O) groups excluding carboxylic acids is 2. The highest BCUT2D eigenvalue weighted by molar-refractivity contribution is 6.06. The SMILES string of the molecule is CCOc1ccccc1NC(=O)CC(C)=NNC(=O)OC. The molecule has 0 radical (unpaired) electrons. The number of nitrogens with one attached hydrogen (secondary N) is 2. The van der Waals surface area contributed by atoms with Crippen LogP contribution in [0.1, 0.15) is 20.3 Å². The fourth-order valence-corrected chi connectivity index (χ4v) is 1.50. The van der Waals surface area contributed by atoms with Crippen molar-refractivity contribution in [3.8, 4) is 5.75 Å². The highest BCUT2D eigenvalue weighted by Crippen LogP contribution is 2.23. The van der Waals surface area contributed by atoms with Gasteiger partial charge in [0.1, 0.15) is 5.75 Å². The number of rotatable bonds is 6. The summed E-state index contributed by atoms with van der Waals surface area (Å²) in [4.78, 5) is 22.8. The van der Waals surface area contributed by atoms with Gasteiger partial charge in [-0.3, -0.25) is 4.79 Å². The smallest absolute Gasteiger partial charge is 0.427 e. The van der Waals surface area contributed by atoms with Gasteiger partial charge in [-0.25, -0.2) is 10.2 Å². The van der Waals surface area contributed by atoms with E-state index in [-0.39, 0.29) is 12.3 Å². The van der Waals surface area contributed by atoms with Gasteiger partial charge < -0.3 is 14.8 Å². The highest BCUT2D eigenvalue weighted by atomic mass is 16.5. The van der Waals surface area contributed by atoms with E-state index in [1.54, 1.807) is 25.1 Å². The quantitative estimate of drug-likeness (QED) is 0.621. The van der Waals surface area contributed by atoms with Crippen LogP contribution in [0.3, 0.4) is 0 Å². The molecule has 0 saturated heterocycles. The van der Waals surface area contributed by atoms with Crippen molar-refractivity contribution >= 4 is 23.4 Å². The third-order valence-corrected chi connectivity index (χ3v) is 2.40. The maximum absolute atomic E-state index is 11.9. The molecule has 0 aliphatic rings. The lowest BCUT2D eigenvalue weighted by atomic mass is 10.2. The van der Waals surface area contributed by atoms with Crippen molar-refractivity contribution in [3.05, 3.63) is 24.3 Å². The van der Waals surface area contributed by atoms with Gasteiger partial charge in [0.25, 0.3) is 0 Å². The van der Waals surface area contributed by atoms with Crippen LogP contribution in [0.2, 0.25) is 0 Å². The molecule has 0 atom stereocenters. The van der Waals surface area contributed by atoms with E-state index in [1.807, 2.05) is 13.0 Å². The zero-order valence-corrected chi connectivity index (χ0v) is 12.3. The summed E-state index contributed by atoms with van der Waals surface area (Å²) in [6.07, 6.45) is -0.638. The standard InChI is InChI=1S/C14H19N3O4/c1-4-21-12-8-6-5-7-11(12)15-13(18)9-10(2)16-17-14(19)20-3/h5-8H,4,9H2,1-3H3,(H,15,18)(H,17,19). The Kier molecular flexibility index (Phi) is 6.73. The van der Waals surface area contributed by atoms with Crippen LogP contribution in [0.15, 0.2) is 29.4 Å². The summed E-state index contributed by atoms with van der Waals surface area (Å²) in [5, 5.41) is 6.47. The normalized spacial score (nSPS) is 10.7. The van der Waals surface area contributed by atoms with E-state index in [1.165, 1.54) is 7.11 Å². The number of hydrazone groups is 1. The summed E-state index contributed by atoms with van der Waals surface area (Å²) in [7, 11) is 1.23. The van der Waals surface area contributed by atoms with Crippen molar-refractivity contribution in [1.82, 2.24) is 5.43 Å². The molecule has 0 aliphatic carbocycles. The van der Waals surface area contributed by atoms with Gasteiger partial charge in [0.05, 0.1) is 25.8 Å². The first kappa shape index (κ1) is 16.5. The summed E-state index contributed by atoms with van der Waals surface area (Å²) in [6.45, 7) is 4.01. The van der Waals surface area contributed by atoms with E-state index < -0.39 is 6.09 Å². The third kappa shape index (κ3) is 5.94. The number of amides is 2. The topological polar surface area (TPSA) is 89.0 Å². The van der Waals surface area contributed by atoms with E-state index in [0.29, 0.717) is 23.8 Å². The number of carbonyl (C=O) groups is 2. The van der Waals surface area contributed by atoms with Crippen LogP contribution in [0.25, 0.3) is 0 Å². The van der Waals surface area contributed by atoms with Crippen molar-refractivity contribution < 1.29 is 19.1 Å². The molecule has 0 spiro atoms. The Morgan fingerprint density at radius 3 is 2.67 bits per heavy atom. The van der Waals surface area contributed by atoms with E-state index in [9.17, 15) is 9.59 Å². The minimum atomic E-state index is -0.684. The van der Waals surface area contributed by atoms with Crippen molar-refractivity contribution in [3.63, 3.8) is 0 Å². The molecular formula is C14H19N3O4. The molecule has 2 N–H and O–H groups in total. The molecular weight excluding hydrogens is 274 g/mol. The maximum atomic E-state index is 11.9. The molecule has 1 aromatic rings. The number of benzene rings is 1. The van der Waals surface area contributed by atoms with Crippen LogP contribution in [0.5, 0.6) is 5.75 Å². The van der Waals surface area contributed by atoms with Crippen LogP contribution in [0, 0.1) is 0 Å². The van der Waals surface area contributed by atoms with Gasteiger partial charge in [0, 0.05) is 5.71 Å². The molecule has 0 fully saturated rings. The van der Waals surface area contributed by atoms with Crippen molar-refractivity contribution in [1.29, 1.82) is 0 Å². The lowest BCUT2D eigenvalue weighted by Crippen LogP contribution is -2.21. The van der Waals surface area contributed by atoms with Gasteiger partial charge in [0.15, 0.2) is 0 Å². The Bertz CT molecular complexity index is 529. The van der Waals surface area contributed by atoms with E-state index in [2.05, 4.69) is 20.6 Å². The first-order valence-corrected chi connectivity index (χ1v) is 6.45. The summed E-state index contributed by atoms with van der Waals surface area (Å²) in [5.74, 6) is 0.352. The summed E-state index contributed by atoms with van der Waals surface area (Å²) >= 11 is 0. The number of para-hydroxylation sites is 2.